The van der Waals surface area contributed by atoms with Gasteiger partial charge in [-0.2, -0.15) is 19.6 Å². The number of para-hydroxylation sites is 2. The molecule has 38 heteroatoms. The van der Waals surface area contributed by atoms with Crippen LogP contribution >= 0.6 is 0 Å². The van der Waals surface area contributed by atoms with E-state index in [1.165, 1.54) is 64.8 Å². The molecule has 11 aromatic heterocycles. The molecule has 6 aliphatic rings. The van der Waals surface area contributed by atoms with Crippen molar-refractivity contribution < 1.29 is 42.6 Å². The van der Waals surface area contributed by atoms with Crippen molar-refractivity contribution in [1.82, 2.24) is 134 Å². The highest BCUT2D eigenvalue weighted by molar-refractivity contribution is 6.46. The molecule has 0 aliphatic carbocycles. The summed E-state index contributed by atoms with van der Waals surface area (Å²) in [4.78, 5) is 122. The zero-order valence-corrected chi connectivity index (χ0v) is 61.9. The van der Waals surface area contributed by atoms with Crippen molar-refractivity contribution in [3.05, 3.63) is 193 Å². The SMILES string of the molecule is COc1cnc(-n2cnc(C)n2)c2[nH]cc(C(=O)C(=O)N3CC4CN(Cc5ccccc5)CC4C3)c12.COc1cnc(-n2cnc(C)n2)c2[nH]cc(C(=O)C(=O)N3CC4CN(c5nnnn5-c5ccccc5)CC4C3)c12.O=C(C(=O)N1CC2CN(c3nnnn3-c3ccccc3)CC2C1)c1c[nH]c2c(-n3ccnn3)ncc(F)c12. The molecular formula is C76H72FN29O8. The number of aromatic nitrogens is 23. The van der Waals surface area contributed by atoms with Gasteiger partial charge in [0.05, 0.1) is 106 Å². The summed E-state index contributed by atoms with van der Waals surface area (Å²) >= 11 is 0. The number of amides is 3. The molecule has 20 rings (SSSR count). The molecule has 114 heavy (non-hydrogen) atoms. The summed E-state index contributed by atoms with van der Waals surface area (Å²) in [7, 11) is 3.02. The van der Waals surface area contributed by atoms with Gasteiger partial charge < -0.3 is 48.9 Å². The standard InChI is InChI=1S/C26H25N11O3.C26H27N7O3.C24H20FN11O2/c1-15-29-14-36(31-15)24-22-21(20(40-2)9-28-24)19(8-27-22)23(38)25(39)34-10-16-12-35(13-17(16)11-34)26-30-32-33-37(26)18-6-4-3-5-7-18;1-16-29-15-33(30-16)25-23-22(21(36-2)9-28-25)20(8-27-23)24(34)26(35)32-13-18-11-31(12-19(18)14-32)10-17-6-4-3-5-7-17;25-18-9-27-22(35-7-6-28-31-35)20-19(18)17(8-26-20)21(37)23(38)33-10-14-12-34(13-15(14)11-33)24-29-30-32-36(24)16-4-2-1-3-5-16/h3-9,14,16-17,27H,10-13H2,1-2H3;3-9,15,18-19,27H,10-14H2,1-2H3;1-9,14-15,26H,10-13H2. The number of benzene rings is 3. The molecule has 6 fully saturated rings. The molecule has 37 nitrogen and oxygen atoms in total. The van der Waals surface area contributed by atoms with Crippen LogP contribution in [0.25, 0.3) is 61.5 Å². The minimum Gasteiger partial charge on any atom is -0.494 e. The summed E-state index contributed by atoms with van der Waals surface area (Å²) < 4.78 is 33.6. The largest absolute Gasteiger partial charge is 0.494 e. The number of likely N-dealkylation sites (tertiary alicyclic amines) is 4. The number of hydrogen-bond donors (Lipinski definition) is 3. The van der Waals surface area contributed by atoms with Gasteiger partial charge in [-0.1, -0.05) is 82.1 Å². The number of aryl methyl sites for hydroxylation is 2. The number of Topliss-reactive ketones (excluding diaryl/α,β-unsaturated/α-hetero) is 3. The van der Waals surface area contributed by atoms with E-state index < -0.39 is 40.9 Å². The molecule has 14 aromatic rings. The number of hydrogen-bond acceptors (Lipinski definition) is 26. The van der Waals surface area contributed by atoms with Crippen LogP contribution in [0.15, 0.2) is 153 Å². The minimum atomic E-state index is -0.768. The third-order valence-corrected chi connectivity index (χ3v) is 22.1. The van der Waals surface area contributed by atoms with E-state index in [-0.39, 0.29) is 57.1 Å². The van der Waals surface area contributed by atoms with Crippen LogP contribution in [-0.4, -0.2) is 262 Å². The van der Waals surface area contributed by atoms with Crippen LogP contribution in [0.1, 0.15) is 48.3 Å². The van der Waals surface area contributed by atoms with Crippen LogP contribution < -0.4 is 19.3 Å². The Hall–Kier alpha value is -14.2. The second-order valence-electron chi connectivity index (χ2n) is 29.0. The number of tetrazole rings is 2. The maximum Gasteiger partial charge on any atom is 0.295 e. The molecule has 0 saturated carbocycles. The number of H-pyrrole nitrogens is 3. The fraction of sp³-hybridized carbons (Fsp3) is 0.303. The van der Waals surface area contributed by atoms with E-state index in [1.54, 1.807) is 63.0 Å². The number of nitrogens with one attached hydrogen (secondary N) is 3. The number of ether oxygens (including phenoxy) is 2. The number of rotatable bonds is 17. The monoisotopic (exact) mass is 1540 g/mol. The van der Waals surface area contributed by atoms with Gasteiger partial charge in [-0.15, -0.1) is 5.10 Å². The molecule has 3 N–H and O–H groups in total. The van der Waals surface area contributed by atoms with Gasteiger partial charge >= 0.3 is 0 Å². The lowest BCUT2D eigenvalue weighted by molar-refractivity contribution is -0.126. The highest BCUT2D eigenvalue weighted by Crippen LogP contribution is 2.40. The average Bonchev–Trinajstić information content (AvgIpc) is 1.60. The van der Waals surface area contributed by atoms with E-state index in [9.17, 15) is 33.2 Å². The fourth-order valence-corrected chi connectivity index (χ4v) is 16.8. The molecule has 0 bridgehead atoms. The lowest BCUT2D eigenvalue weighted by Crippen LogP contribution is -2.38. The van der Waals surface area contributed by atoms with E-state index >= 15 is 0 Å². The molecule has 6 atom stereocenters. The van der Waals surface area contributed by atoms with Crippen molar-refractivity contribution in [1.29, 1.82) is 0 Å². The average molecular weight is 1540 g/mol. The van der Waals surface area contributed by atoms with Crippen LogP contribution in [0.4, 0.5) is 16.3 Å². The molecule has 0 spiro atoms. The Morgan fingerprint density at radius 3 is 1.24 bits per heavy atom. The first-order chi connectivity index (χ1) is 55.6. The Morgan fingerprint density at radius 1 is 0.456 bits per heavy atom. The zero-order valence-electron chi connectivity index (χ0n) is 61.9. The maximum atomic E-state index is 14.8. The quantitative estimate of drug-likeness (QED) is 0.0835. The molecule has 6 unspecified atom stereocenters. The van der Waals surface area contributed by atoms with Gasteiger partial charge in [-0.3, -0.25) is 33.7 Å². The Labute approximate surface area is 645 Å². The first-order valence-corrected chi connectivity index (χ1v) is 36.9. The number of methoxy groups -OCH3 is 2. The number of halogens is 1. The first-order valence-electron chi connectivity index (χ1n) is 36.9. The number of carbonyl (C=O) groups excluding carboxylic acids is 6. The molecule has 0 radical (unpaired) electrons. The van der Waals surface area contributed by atoms with E-state index in [0.717, 1.165) is 37.2 Å². The summed E-state index contributed by atoms with van der Waals surface area (Å²) in [5.74, 6) is 1.74. The lowest BCUT2D eigenvalue weighted by Gasteiger charge is -2.21. The number of anilines is 2. The summed E-state index contributed by atoms with van der Waals surface area (Å²) in [6, 6.07) is 29.8. The smallest absolute Gasteiger partial charge is 0.295 e. The maximum absolute atomic E-state index is 14.8. The Bertz CT molecular complexity index is 5950. The van der Waals surface area contributed by atoms with E-state index in [4.69, 9.17) is 9.47 Å². The second kappa shape index (κ2) is 29.6. The van der Waals surface area contributed by atoms with Crippen molar-refractivity contribution in [2.24, 2.45) is 35.5 Å². The number of fused-ring (bicyclic) bond motifs is 6. The molecule has 6 saturated heterocycles. The van der Waals surface area contributed by atoms with Crippen molar-refractivity contribution >= 4 is 79.7 Å². The molecule has 6 aliphatic heterocycles. The lowest BCUT2D eigenvalue weighted by atomic mass is 10.0. The van der Waals surface area contributed by atoms with Gasteiger partial charge in [0.25, 0.3) is 35.1 Å². The predicted molar refractivity (Wildman–Crippen MR) is 404 cm³/mol. The summed E-state index contributed by atoms with van der Waals surface area (Å²) in [5, 5.41) is 41.8. The number of nitrogens with zero attached hydrogens (tertiary/aromatic N) is 26. The van der Waals surface area contributed by atoms with E-state index in [1.807, 2.05) is 66.7 Å². The van der Waals surface area contributed by atoms with Gasteiger partial charge in [0.2, 0.25) is 11.9 Å². The molecule has 3 amide bonds. The van der Waals surface area contributed by atoms with Gasteiger partial charge in [0.15, 0.2) is 23.3 Å². The van der Waals surface area contributed by atoms with Crippen molar-refractivity contribution in [3.8, 4) is 40.3 Å². The van der Waals surface area contributed by atoms with Crippen molar-refractivity contribution in [3.63, 3.8) is 0 Å². The van der Waals surface area contributed by atoms with Gasteiger partial charge in [0, 0.05) is 127 Å². The topological polar surface area (TPSA) is 406 Å². The molecular weight excluding hydrogens is 1470 g/mol. The number of pyridine rings is 3. The van der Waals surface area contributed by atoms with Crippen LogP contribution in [-0.2, 0) is 20.9 Å². The Morgan fingerprint density at radius 2 is 0.842 bits per heavy atom. The number of ketones is 3. The van der Waals surface area contributed by atoms with Crippen LogP contribution in [0.2, 0.25) is 0 Å². The fourth-order valence-electron chi connectivity index (χ4n) is 16.8. The van der Waals surface area contributed by atoms with E-state index in [0.29, 0.717) is 146 Å². The van der Waals surface area contributed by atoms with Gasteiger partial charge in [0.1, 0.15) is 35.8 Å². The Kier molecular flexibility index (Phi) is 18.5. The summed E-state index contributed by atoms with van der Waals surface area (Å²) in [6.07, 6.45) is 14.6. The number of carbonyl (C=O) groups is 6. The second-order valence-corrected chi connectivity index (χ2v) is 29.0. The van der Waals surface area contributed by atoms with Crippen LogP contribution in [0.5, 0.6) is 11.5 Å². The summed E-state index contributed by atoms with van der Waals surface area (Å²) in [5.41, 5.74) is 4.87. The van der Waals surface area contributed by atoms with Crippen molar-refractivity contribution in [2.75, 3.05) is 103 Å². The highest BCUT2D eigenvalue weighted by Gasteiger charge is 2.48. The molecule has 3 aromatic carbocycles. The number of aromatic amines is 3. The third-order valence-electron chi connectivity index (χ3n) is 22.1. The van der Waals surface area contributed by atoms with Gasteiger partial charge in [-0.05, 0) is 76.4 Å². The van der Waals surface area contributed by atoms with Crippen molar-refractivity contribution in [2.45, 2.75) is 20.4 Å². The normalized spacial score (nSPS) is 19.0. The van der Waals surface area contributed by atoms with Crippen LogP contribution in [0.3, 0.4) is 0 Å². The minimum absolute atomic E-state index is 0.00200. The van der Waals surface area contributed by atoms with Crippen LogP contribution in [0, 0.1) is 55.2 Å². The third kappa shape index (κ3) is 13.1. The Balaban J connectivity index is 0.000000119. The summed E-state index contributed by atoms with van der Waals surface area (Å²) in [6.45, 7) is 12.1. The molecule has 17 heterocycles. The molecule has 576 valence electrons. The zero-order chi connectivity index (χ0) is 78.0. The predicted octanol–water partition coefficient (Wildman–Crippen LogP) is 4.48. The first kappa shape index (κ1) is 71.4. The van der Waals surface area contributed by atoms with Gasteiger partial charge in [-0.25, -0.2) is 43.4 Å². The highest BCUT2D eigenvalue weighted by atomic mass is 19.1. The van der Waals surface area contributed by atoms with E-state index in [2.05, 4.69) is 130 Å².